The molecule has 0 unspecified atom stereocenters. The highest BCUT2D eigenvalue weighted by atomic mass is 19.3. The molecule has 0 radical (unpaired) electrons. The monoisotopic (exact) mass is 410 g/mol. The van der Waals surface area contributed by atoms with Crippen LogP contribution in [0.25, 0.3) is 11.6 Å². The zero-order valence-electron chi connectivity index (χ0n) is 15.7. The highest BCUT2D eigenvalue weighted by molar-refractivity contribution is 5.87. The average Bonchev–Trinajstić information content (AvgIpc) is 2.72. The number of nitriles is 1. The molecule has 1 heterocycles. The molecule has 152 valence electrons. The van der Waals surface area contributed by atoms with Gasteiger partial charge >= 0.3 is 6.61 Å². The number of nitrogens with zero attached hydrogens (tertiary/aromatic N) is 4. The van der Waals surface area contributed by atoms with Crippen LogP contribution in [0.4, 0.5) is 26.4 Å². The van der Waals surface area contributed by atoms with Gasteiger partial charge in [0, 0.05) is 5.69 Å². The summed E-state index contributed by atoms with van der Waals surface area (Å²) in [7, 11) is 1.33. The van der Waals surface area contributed by atoms with E-state index < -0.39 is 6.61 Å². The molecule has 8 nitrogen and oxygen atoms in total. The fourth-order valence-electron chi connectivity index (χ4n) is 2.50. The van der Waals surface area contributed by atoms with E-state index in [-0.39, 0.29) is 34.8 Å². The van der Waals surface area contributed by atoms with Crippen molar-refractivity contribution in [2.75, 3.05) is 18.2 Å². The van der Waals surface area contributed by atoms with E-state index in [1.165, 1.54) is 25.3 Å². The second-order valence-corrected chi connectivity index (χ2v) is 5.79. The predicted octanol–water partition coefficient (Wildman–Crippen LogP) is 3.87. The van der Waals surface area contributed by atoms with Crippen molar-refractivity contribution in [2.45, 2.75) is 6.61 Å². The fourth-order valence-corrected chi connectivity index (χ4v) is 2.50. The van der Waals surface area contributed by atoms with Crippen molar-refractivity contribution in [2.24, 2.45) is 0 Å². The number of benzene rings is 2. The smallest absolute Gasteiger partial charge is 0.387 e. The molecule has 0 saturated heterocycles. The van der Waals surface area contributed by atoms with Gasteiger partial charge in [-0.05, 0) is 35.9 Å². The van der Waals surface area contributed by atoms with E-state index in [9.17, 15) is 14.0 Å². The van der Waals surface area contributed by atoms with Crippen LogP contribution in [-0.4, -0.2) is 28.7 Å². The van der Waals surface area contributed by atoms with E-state index in [0.29, 0.717) is 5.56 Å². The number of para-hydroxylation sites is 1. The van der Waals surface area contributed by atoms with Crippen LogP contribution in [0.1, 0.15) is 11.4 Å². The van der Waals surface area contributed by atoms with Crippen molar-refractivity contribution in [3.05, 3.63) is 59.9 Å². The Morgan fingerprint density at radius 1 is 1.13 bits per heavy atom. The third-order valence-electron chi connectivity index (χ3n) is 3.76. The van der Waals surface area contributed by atoms with Gasteiger partial charge in [0.15, 0.2) is 17.3 Å². The molecular formula is C20H16F2N6O2. The number of allylic oxidation sites excluding steroid dienone is 1. The van der Waals surface area contributed by atoms with Gasteiger partial charge in [-0.15, -0.1) is 0 Å². The van der Waals surface area contributed by atoms with Gasteiger partial charge in [0.25, 0.3) is 0 Å². The molecule has 0 aliphatic carbocycles. The maximum atomic E-state index is 12.6. The zero-order chi connectivity index (χ0) is 21.5. The number of hydrogen-bond acceptors (Lipinski definition) is 8. The summed E-state index contributed by atoms with van der Waals surface area (Å²) in [5, 5.41) is 12.5. The van der Waals surface area contributed by atoms with Crippen molar-refractivity contribution < 1.29 is 18.3 Å². The number of aromatic nitrogens is 3. The Balaban J connectivity index is 1.96. The van der Waals surface area contributed by atoms with Crippen LogP contribution in [0.15, 0.2) is 48.5 Å². The maximum Gasteiger partial charge on any atom is 0.387 e. The first kappa shape index (κ1) is 20.5. The summed E-state index contributed by atoms with van der Waals surface area (Å²) in [5.41, 5.74) is 6.93. The highest BCUT2D eigenvalue weighted by Crippen LogP contribution is 2.31. The Morgan fingerprint density at radius 2 is 1.90 bits per heavy atom. The molecule has 30 heavy (non-hydrogen) atoms. The predicted molar refractivity (Wildman–Crippen MR) is 107 cm³/mol. The van der Waals surface area contributed by atoms with E-state index in [1.54, 1.807) is 6.07 Å². The summed E-state index contributed by atoms with van der Waals surface area (Å²) >= 11 is 0. The van der Waals surface area contributed by atoms with Gasteiger partial charge in [-0.2, -0.15) is 29.0 Å². The lowest BCUT2D eigenvalue weighted by atomic mass is 10.1. The molecule has 0 aliphatic rings. The normalized spacial score (nSPS) is 11.1. The molecule has 0 saturated carbocycles. The maximum absolute atomic E-state index is 12.6. The fraction of sp³-hybridized carbons (Fsp3) is 0.100. The van der Waals surface area contributed by atoms with Gasteiger partial charge in [-0.1, -0.05) is 24.3 Å². The number of ether oxygens (including phenoxy) is 2. The highest BCUT2D eigenvalue weighted by Gasteiger charge is 2.13. The first-order valence-corrected chi connectivity index (χ1v) is 8.57. The molecule has 0 atom stereocenters. The van der Waals surface area contributed by atoms with Crippen LogP contribution < -0.4 is 20.5 Å². The van der Waals surface area contributed by atoms with Gasteiger partial charge in [-0.3, -0.25) is 0 Å². The first-order chi connectivity index (χ1) is 14.5. The Labute approximate surface area is 170 Å². The molecule has 0 spiro atoms. The largest absolute Gasteiger partial charge is 0.493 e. The standard InChI is InChI=1S/C20H16F2N6O2/c1-29-15-8-7-12(10-16(15)30-18(21)22)9-13(11-23)17-26-19(24)28-20(27-17)25-14-5-3-2-4-6-14/h2-10,18H,1H3,(H3,24,25,26,27,28)/b13-9+. The summed E-state index contributed by atoms with van der Waals surface area (Å²) < 4.78 is 34.7. The number of nitrogen functional groups attached to an aromatic ring is 1. The molecule has 3 aromatic rings. The van der Waals surface area contributed by atoms with Crippen molar-refractivity contribution in [3.63, 3.8) is 0 Å². The molecule has 0 aliphatic heterocycles. The number of nitrogens with two attached hydrogens (primary N) is 1. The van der Waals surface area contributed by atoms with Crippen LogP contribution in [0.2, 0.25) is 0 Å². The van der Waals surface area contributed by atoms with Crippen LogP contribution in [-0.2, 0) is 0 Å². The number of hydrogen-bond donors (Lipinski definition) is 2. The minimum absolute atomic E-state index is 0.0237. The van der Waals surface area contributed by atoms with Crippen LogP contribution in [0.3, 0.4) is 0 Å². The van der Waals surface area contributed by atoms with Gasteiger partial charge < -0.3 is 20.5 Å². The summed E-state index contributed by atoms with van der Waals surface area (Å²) in [6, 6.07) is 15.4. The molecule has 0 amide bonds. The number of anilines is 3. The van der Waals surface area contributed by atoms with E-state index in [0.717, 1.165) is 5.69 Å². The first-order valence-electron chi connectivity index (χ1n) is 8.57. The second kappa shape index (κ2) is 9.29. The lowest BCUT2D eigenvalue weighted by molar-refractivity contribution is -0.0512. The molecule has 3 rings (SSSR count). The topological polar surface area (TPSA) is 119 Å². The Bertz CT molecular complexity index is 1100. The lowest BCUT2D eigenvalue weighted by Gasteiger charge is -2.10. The number of nitrogens with one attached hydrogen (secondary N) is 1. The summed E-state index contributed by atoms with van der Waals surface area (Å²) in [6.45, 7) is -3.02. The number of alkyl halides is 2. The van der Waals surface area contributed by atoms with E-state index in [2.05, 4.69) is 25.0 Å². The minimum atomic E-state index is -3.02. The molecule has 1 aromatic heterocycles. The third-order valence-corrected chi connectivity index (χ3v) is 3.76. The third kappa shape index (κ3) is 5.17. The van der Waals surface area contributed by atoms with E-state index >= 15 is 0 Å². The number of methoxy groups -OCH3 is 1. The SMILES string of the molecule is COc1ccc(/C=C(\C#N)c2nc(N)nc(Nc3ccccc3)n2)cc1OC(F)F. The second-order valence-electron chi connectivity index (χ2n) is 5.79. The number of halogens is 2. The van der Waals surface area contributed by atoms with Gasteiger partial charge in [-0.25, -0.2) is 0 Å². The Hall–Kier alpha value is -4.26. The van der Waals surface area contributed by atoms with Crippen molar-refractivity contribution in [1.82, 2.24) is 15.0 Å². The average molecular weight is 410 g/mol. The summed E-state index contributed by atoms with van der Waals surface area (Å²) in [6.07, 6.45) is 1.42. The quantitative estimate of drug-likeness (QED) is 0.564. The Kier molecular flexibility index (Phi) is 6.34. The summed E-state index contributed by atoms with van der Waals surface area (Å²) in [4.78, 5) is 12.2. The van der Waals surface area contributed by atoms with Gasteiger partial charge in [0.2, 0.25) is 11.9 Å². The van der Waals surface area contributed by atoms with E-state index in [4.69, 9.17) is 10.5 Å². The van der Waals surface area contributed by atoms with Crippen LogP contribution in [0.5, 0.6) is 11.5 Å². The van der Waals surface area contributed by atoms with E-state index in [1.807, 2.05) is 36.4 Å². The molecule has 3 N–H and O–H groups in total. The molecule has 2 aromatic carbocycles. The van der Waals surface area contributed by atoms with Gasteiger partial charge in [0.1, 0.15) is 6.07 Å². The molecular weight excluding hydrogens is 394 g/mol. The molecule has 0 fully saturated rings. The van der Waals surface area contributed by atoms with Crippen molar-refractivity contribution in [3.8, 4) is 17.6 Å². The number of rotatable bonds is 7. The summed E-state index contributed by atoms with van der Waals surface area (Å²) in [5.74, 6) is 0.0535. The lowest BCUT2D eigenvalue weighted by Crippen LogP contribution is -2.06. The van der Waals surface area contributed by atoms with Crippen LogP contribution >= 0.6 is 0 Å². The van der Waals surface area contributed by atoms with Gasteiger partial charge in [0.05, 0.1) is 12.7 Å². The Morgan fingerprint density at radius 3 is 2.57 bits per heavy atom. The minimum Gasteiger partial charge on any atom is -0.493 e. The van der Waals surface area contributed by atoms with Crippen molar-refractivity contribution in [1.29, 1.82) is 5.26 Å². The van der Waals surface area contributed by atoms with Crippen molar-refractivity contribution >= 4 is 29.2 Å². The van der Waals surface area contributed by atoms with Crippen LogP contribution in [0, 0.1) is 11.3 Å². The molecule has 10 heteroatoms. The zero-order valence-corrected chi connectivity index (χ0v) is 15.7. The molecule has 0 bridgehead atoms.